The summed E-state index contributed by atoms with van der Waals surface area (Å²) in [6.45, 7) is 6.64. The van der Waals surface area contributed by atoms with Gasteiger partial charge in [-0.15, -0.1) is 0 Å². The van der Waals surface area contributed by atoms with Crippen molar-refractivity contribution in [3.63, 3.8) is 0 Å². The van der Waals surface area contributed by atoms with Crippen LogP contribution in [0.4, 0.5) is 0 Å². The molecule has 20 heavy (non-hydrogen) atoms. The third kappa shape index (κ3) is 4.91. The third-order valence-electron chi connectivity index (χ3n) is 2.83. The Labute approximate surface area is 119 Å². The first-order chi connectivity index (χ1) is 9.41. The molecule has 1 aromatic rings. The molecular formula is C15H22N2O3. The monoisotopic (exact) mass is 278 g/mol. The molecule has 0 fully saturated rings. The summed E-state index contributed by atoms with van der Waals surface area (Å²) in [7, 11) is 0. The molecule has 5 heteroatoms. The molecule has 2 amide bonds. The van der Waals surface area contributed by atoms with Crippen molar-refractivity contribution in [2.24, 2.45) is 5.92 Å². The van der Waals surface area contributed by atoms with Crippen molar-refractivity contribution in [1.29, 1.82) is 0 Å². The second-order valence-electron chi connectivity index (χ2n) is 5.17. The van der Waals surface area contributed by atoms with Crippen LogP contribution in [-0.2, 0) is 4.79 Å². The van der Waals surface area contributed by atoms with Gasteiger partial charge in [0.1, 0.15) is 5.75 Å². The molecule has 0 unspecified atom stereocenters. The maximum atomic E-state index is 11.9. The first-order valence-corrected chi connectivity index (χ1v) is 6.75. The lowest BCUT2D eigenvalue weighted by Gasteiger charge is -2.09. The van der Waals surface area contributed by atoms with E-state index in [-0.39, 0.29) is 36.1 Å². The molecule has 0 saturated carbocycles. The highest BCUT2D eigenvalue weighted by Gasteiger charge is 2.12. The molecule has 1 aromatic carbocycles. The Bertz CT molecular complexity index is 484. The average Bonchev–Trinajstić information content (AvgIpc) is 2.39. The van der Waals surface area contributed by atoms with E-state index in [0.29, 0.717) is 18.0 Å². The fraction of sp³-hybridized carbons (Fsp3) is 0.467. The van der Waals surface area contributed by atoms with E-state index in [2.05, 4.69) is 10.6 Å². The van der Waals surface area contributed by atoms with Gasteiger partial charge in [0.2, 0.25) is 5.91 Å². The summed E-state index contributed by atoms with van der Waals surface area (Å²) in [5.74, 6) is -0.0811. The molecule has 0 aliphatic heterocycles. The van der Waals surface area contributed by atoms with Gasteiger partial charge >= 0.3 is 0 Å². The SMILES string of the molecule is Cc1cccc(C(=O)NCCC(=O)NCC(C)C)c1O. The van der Waals surface area contributed by atoms with Crippen molar-refractivity contribution in [3.8, 4) is 5.75 Å². The van der Waals surface area contributed by atoms with Gasteiger partial charge in [-0.25, -0.2) is 0 Å². The zero-order valence-corrected chi connectivity index (χ0v) is 12.2. The number of phenolic OH excluding ortho intramolecular Hbond substituents is 1. The number of aryl methyl sites for hydroxylation is 1. The van der Waals surface area contributed by atoms with Gasteiger partial charge in [-0.05, 0) is 24.5 Å². The Kier molecular flexibility index (Phi) is 6.03. The number of hydrogen-bond acceptors (Lipinski definition) is 3. The van der Waals surface area contributed by atoms with E-state index in [0.717, 1.165) is 0 Å². The highest BCUT2D eigenvalue weighted by atomic mass is 16.3. The summed E-state index contributed by atoms with van der Waals surface area (Å²) in [5, 5.41) is 15.2. The zero-order chi connectivity index (χ0) is 15.1. The van der Waals surface area contributed by atoms with Gasteiger partial charge in [0.05, 0.1) is 5.56 Å². The van der Waals surface area contributed by atoms with Gasteiger partial charge < -0.3 is 15.7 Å². The number of carbonyl (C=O) groups is 2. The summed E-state index contributed by atoms with van der Waals surface area (Å²) in [6.07, 6.45) is 0.227. The van der Waals surface area contributed by atoms with E-state index in [4.69, 9.17) is 0 Å². The number of hydrogen-bond donors (Lipinski definition) is 3. The minimum Gasteiger partial charge on any atom is -0.507 e. The van der Waals surface area contributed by atoms with Crippen LogP contribution in [-0.4, -0.2) is 30.0 Å². The molecule has 0 aromatic heterocycles. The molecule has 0 aliphatic rings. The Morgan fingerprint density at radius 3 is 2.60 bits per heavy atom. The second kappa shape index (κ2) is 7.53. The van der Waals surface area contributed by atoms with Crippen molar-refractivity contribution in [2.75, 3.05) is 13.1 Å². The third-order valence-corrected chi connectivity index (χ3v) is 2.83. The average molecular weight is 278 g/mol. The second-order valence-corrected chi connectivity index (χ2v) is 5.17. The molecule has 0 heterocycles. The first-order valence-electron chi connectivity index (χ1n) is 6.75. The molecule has 0 atom stereocenters. The number of amides is 2. The van der Waals surface area contributed by atoms with E-state index in [1.165, 1.54) is 0 Å². The maximum absolute atomic E-state index is 11.9. The van der Waals surface area contributed by atoms with Crippen LogP contribution in [0, 0.1) is 12.8 Å². The molecule has 0 spiro atoms. The Morgan fingerprint density at radius 1 is 1.25 bits per heavy atom. The minimum atomic E-state index is -0.372. The van der Waals surface area contributed by atoms with Crippen molar-refractivity contribution in [3.05, 3.63) is 29.3 Å². The fourth-order valence-electron chi connectivity index (χ4n) is 1.63. The van der Waals surface area contributed by atoms with Crippen LogP contribution in [0.25, 0.3) is 0 Å². The number of para-hydroxylation sites is 1. The molecular weight excluding hydrogens is 256 g/mol. The van der Waals surface area contributed by atoms with Gasteiger partial charge in [-0.3, -0.25) is 9.59 Å². The maximum Gasteiger partial charge on any atom is 0.255 e. The number of carbonyl (C=O) groups excluding carboxylic acids is 2. The number of phenols is 1. The lowest BCUT2D eigenvalue weighted by Crippen LogP contribution is -2.32. The van der Waals surface area contributed by atoms with Crippen molar-refractivity contribution >= 4 is 11.8 Å². The highest BCUT2D eigenvalue weighted by Crippen LogP contribution is 2.20. The summed E-state index contributed by atoms with van der Waals surface area (Å²) < 4.78 is 0. The highest BCUT2D eigenvalue weighted by molar-refractivity contribution is 5.97. The standard InChI is InChI=1S/C15H22N2O3/c1-10(2)9-17-13(18)7-8-16-15(20)12-6-4-5-11(3)14(12)19/h4-6,10,19H,7-9H2,1-3H3,(H,16,20)(H,17,18). The Morgan fingerprint density at radius 2 is 1.95 bits per heavy atom. The Hall–Kier alpha value is -2.04. The first kappa shape index (κ1) is 16.0. The Balaban J connectivity index is 2.40. The largest absolute Gasteiger partial charge is 0.507 e. The van der Waals surface area contributed by atoms with E-state index >= 15 is 0 Å². The van der Waals surface area contributed by atoms with E-state index in [1.807, 2.05) is 13.8 Å². The smallest absolute Gasteiger partial charge is 0.255 e. The van der Waals surface area contributed by atoms with Gasteiger partial charge in [-0.1, -0.05) is 26.0 Å². The number of rotatable bonds is 6. The topological polar surface area (TPSA) is 78.4 Å². The van der Waals surface area contributed by atoms with E-state index in [9.17, 15) is 14.7 Å². The number of aromatic hydroxyl groups is 1. The lowest BCUT2D eigenvalue weighted by molar-refractivity contribution is -0.121. The number of benzene rings is 1. The van der Waals surface area contributed by atoms with Crippen molar-refractivity contribution in [1.82, 2.24) is 10.6 Å². The van der Waals surface area contributed by atoms with Crippen LogP contribution in [0.5, 0.6) is 5.75 Å². The molecule has 3 N–H and O–H groups in total. The van der Waals surface area contributed by atoms with Gasteiger partial charge in [0.25, 0.3) is 5.91 Å². The van der Waals surface area contributed by atoms with Crippen LogP contribution >= 0.6 is 0 Å². The van der Waals surface area contributed by atoms with Crippen molar-refractivity contribution in [2.45, 2.75) is 27.2 Å². The quantitative estimate of drug-likeness (QED) is 0.739. The van der Waals surface area contributed by atoms with Crippen LogP contribution in [0.2, 0.25) is 0 Å². The van der Waals surface area contributed by atoms with Crippen LogP contribution in [0.3, 0.4) is 0 Å². The zero-order valence-electron chi connectivity index (χ0n) is 12.2. The molecule has 0 aliphatic carbocycles. The molecule has 1 rings (SSSR count). The molecule has 0 radical (unpaired) electrons. The number of nitrogens with one attached hydrogen (secondary N) is 2. The molecule has 0 bridgehead atoms. The van der Waals surface area contributed by atoms with Crippen molar-refractivity contribution < 1.29 is 14.7 Å². The van der Waals surface area contributed by atoms with Gasteiger partial charge in [-0.2, -0.15) is 0 Å². The summed E-state index contributed by atoms with van der Waals surface area (Å²) in [4.78, 5) is 23.3. The molecule has 110 valence electrons. The van der Waals surface area contributed by atoms with Gasteiger partial charge in [0, 0.05) is 19.5 Å². The van der Waals surface area contributed by atoms with Crippen LogP contribution in [0.1, 0.15) is 36.2 Å². The predicted molar refractivity (Wildman–Crippen MR) is 77.6 cm³/mol. The van der Waals surface area contributed by atoms with Crippen LogP contribution in [0.15, 0.2) is 18.2 Å². The fourth-order valence-corrected chi connectivity index (χ4v) is 1.63. The summed E-state index contributed by atoms with van der Waals surface area (Å²) in [5.41, 5.74) is 0.875. The van der Waals surface area contributed by atoms with Gasteiger partial charge in [0.15, 0.2) is 0 Å². The summed E-state index contributed by atoms with van der Waals surface area (Å²) >= 11 is 0. The summed E-state index contributed by atoms with van der Waals surface area (Å²) in [6, 6.07) is 4.99. The molecule has 5 nitrogen and oxygen atoms in total. The van der Waals surface area contributed by atoms with Crippen LogP contribution < -0.4 is 10.6 Å². The van der Waals surface area contributed by atoms with E-state index in [1.54, 1.807) is 25.1 Å². The van der Waals surface area contributed by atoms with E-state index < -0.39 is 0 Å². The molecule has 0 saturated heterocycles. The minimum absolute atomic E-state index is 0.0192. The lowest BCUT2D eigenvalue weighted by atomic mass is 10.1. The normalized spacial score (nSPS) is 10.4. The predicted octanol–water partition coefficient (Wildman–Crippen LogP) is 1.59.